The number of carbonyl (C=O) groups is 2. The van der Waals surface area contributed by atoms with Gasteiger partial charge in [-0.3, -0.25) is 14.6 Å². The number of rotatable bonds is 8. The van der Waals surface area contributed by atoms with Crippen molar-refractivity contribution in [1.82, 2.24) is 15.2 Å². The maximum Gasteiger partial charge on any atom is 0.258 e. The summed E-state index contributed by atoms with van der Waals surface area (Å²) in [5.41, 5.74) is 2.64. The summed E-state index contributed by atoms with van der Waals surface area (Å²) < 4.78 is 13.2. The highest BCUT2D eigenvalue weighted by atomic mass is 32.1. The Labute approximate surface area is 221 Å². The number of aromatic nitrogens is 1. The molecule has 9 heteroatoms. The van der Waals surface area contributed by atoms with Crippen LogP contribution in [0.15, 0.2) is 73.1 Å². The van der Waals surface area contributed by atoms with E-state index in [1.165, 1.54) is 12.1 Å². The first-order valence-corrected chi connectivity index (χ1v) is 12.7. The number of ketones is 1. The molecule has 1 aliphatic heterocycles. The van der Waals surface area contributed by atoms with E-state index in [0.717, 1.165) is 37.3 Å². The number of nitrogens with one attached hydrogen (secondary N) is 2. The van der Waals surface area contributed by atoms with Crippen molar-refractivity contribution in [3.63, 3.8) is 0 Å². The van der Waals surface area contributed by atoms with Gasteiger partial charge in [0.25, 0.3) is 5.91 Å². The number of halogens is 1. The summed E-state index contributed by atoms with van der Waals surface area (Å²) in [6.45, 7) is 2.69. The number of amides is 1. The van der Waals surface area contributed by atoms with Gasteiger partial charge in [0.05, 0.1) is 11.9 Å². The standard InChI is InChI=1S/C28H30FN5O2S/c1-30-28(37)32-24-10-6-22(7-11-24)27(36)34(25-3-2-14-31-19-25)18-17-33-15-12-21(13-16-33)26(35)20-4-8-23(29)9-5-20/h2-11,14,19,21H,12-13,15-18H2,1H3,(H2,30,32,37). The number of Topliss-reactive ketones (excluding diaryl/α,β-unsaturated/α-hetero) is 1. The van der Waals surface area contributed by atoms with Crippen molar-refractivity contribution >= 4 is 40.4 Å². The molecule has 192 valence electrons. The number of likely N-dealkylation sites (tertiary alicyclic amines) is 1. The molecule has 2 heterocycles. The van der Waals surface area contributed by atoms with Crippen LogP contribution in [-0.4, -0.2) is 59.9 Å². The largest absolute Gasteiger partial charge is 0.366 e. The number of nitrogens with zero attached hydrogens (tertiary/aromatic N) is 3. The molecule has 3 aromatic rings. The molecule has 2 aromatic carbocycles. The number of carbonyl (C=O) groups excluding carboxylic acids is 2. The summed E-state index contributed by atoms with van der Waals surface area (Å²) in [6.07, 6.45) is 4.84. The van der Waals surface area contributed by atoms with E-state index in [1.807, 2.05) is 24.3 Å². The number of piperidine rings is 1. The van der Waals surface area contributed by atoms with Gasteiger partial charge in [0.15, 0.2) is 10.9 Å². The zero-order valence-corrected chi connectivity index (χ0v) is 21.5. The van der Waals surface area contributed by atoms with Crippen LogP contribution in [0.5, 0.6) is 0 Å². The number of benzene rings is 2. The summed E-state index contributed by atoms with van der Waals surface area (Å²) >= 11 is 5.13. The van der Waals surface area contributed by atoms with Gasteiger partial charge >= 0.3 is 0 Å². The SMILES string of the molecule is CNC(=S)Nc1ccc(C(=O)N(CCN2CCC(C(=O)c3ccc(F)cc3)CC2)c2cccnc2)cc1. The van der Waals surface area contributed by atoms with Crippen molar-refractivity contribution in [2.75, 3.05) is 43.4 Å². The van der Waals surface area contributed by atoms with Crippen LogP contribution in [0, 0.1) is 11.7 Å². The van der Waals surface area contributed by atoms with Crippen LogP contribution in [0.3, 0.4) is 0 Å². The molecule has 0 unspecified atom stereocenters. The molecule has 37 heavy (non-hydrogen) atoms. The Morgan fingerprint density at radius 1 is 1.05 bits per heavy atom. The van der Waals surface area contributed by atoms with Crippen molar-refractivity contribution in [3.05, 3.63) is 90.0 Å². The summed E-state index contributed by atoms with van der Waals surface area (Å²) in [5, 5.41) is 6.41. The van der Waals surface area contributed by atoms with E-state index < -0.39 is 0 Å². The Balaban J connectivity index is 1.37. The van der Waals surface area contributed by atoms with Gasteiger partial charge in [-0.15, -0.1) is 0 Å². The van der Waals surface area contributed by atoms with Gasteiger partial charge in [0, 0.05) is 49.1 Å². The molecule has 2 N–H and O–H groups in total. The molecular weight excluding hydrogens is 489 g/mol. The van der Waals surface area contributed by atoms with Crippen LogP contribution in [-0.2, 0) is 0 Å². The van der Waals surface area contributed by atoms with E-state index in [9.17, 15) is 14.0 Å². The molecule has 0 saturated carbocycles. The molecule has 1 saturated heterocycles. The first kappa shape index (κ1) is 26.4. The normalized spacial score (nSPS) is 14.1. The molecule has 1 aliphatic rings. The van der Waals surface area contributed by atoms with Crippen LogP contribution < -0.4 is 15.5 Å². The smallest absolute Gasteiger partial charge is 0.258 e. The first-order chi connectivity index (χ1) is 17.9. The summed E-state index contributed by atoms with van der Waals surface area (Å²) in [7, 11) is 1.74. The highest BCUT2D eigenvalue weighted by Gasteiger charge is 2.27. The lowest BCUT2D eigenvalue weighted by Crippen LogP contribution is -2.43. The van der Waals surface area contributed by atoms with Crippen molar-refractivity contribution in [3.8, 4) is 0 Å². The molecule has 0 bridgehead atoms. The maximum absolute atomic E-state index is 13.5. The lowest BCUT2D eigenvalue weighted by Gasteiger charge is -2.33. The minimum atomic E-state index is -0.343. The predicted octanol–water partition coefficient (Wildman–Crippen LogP) is 4.38. The summed E-state index contributed by atoms with van der Waals surface area (Å²) in [6, 6.07) is 16.6. The van der Waals surface area contributed by atoms with Crippen molar-refractivity contribution < 1.29 is 14.0 Å². The number of hydrogen-bond donors (Lipinski definition) is 2. The molecule has 7 nitrogen and oxygen atoms in total. The molecule has 0 spiro atoms. The average Bonchev–Trinajstić information content (AvgIpc) is 2.94. The third-order valence-electron chi connectivity index (χ3n) is 6.55. The monoisotopic (exact) mass is 519 g/mol. The summed E-state index contributed by atoms with van der Waals surface area (Å²) in [5.74, 6) is -0.456. The van der Waals surface area contributed by atoms with E-state index in [1.54, 1.807) is 48.6 Å². The summed E-state index contributed by atoms with van der Waals surface area (Å²) in [4.78, 5) is 34.5. The Bertz CT molecular complexity index is 1210. The molecule has 0 atom stereocenters. The molecule has 1 fully saturated rings. The zero-order valence-electron chi connectivity index (χ0n) is 20.7. The Morgan fingerprint density at radius 3 is 2.35 bits per heavy atom. The van der Waals surface area contributed by atoms with Gasteiger partial charge in [0.2, 0.25) is 0 Å². The molecular formula is C28H30FN5O2S. The van der Waals surface area contributed by atoms with Crippen LogP contribution in [0.2, 0.25) is 0 Å². The first-order valence-electron chi connectivity index (χ1n) is 12.3. The molecule has 4 rings (SSSR count). The van der Waals surface area contributed by atoms with Crippen LogP contribution >= 0.6 is 12.2 Å². The zero-order chi connectivity index (χ0) is 26.2. The Morgan fingerprint density at radius 2 is 1.73 bits per heavy atom. The Hall–Kier alpha value is -3.69. The number of anilines is 2. The highest BCUT2D eigenvalue weighted by molar-refractivity contribution is 7.80. The van der Waals surface area contributed by atoms with Gasteiger partial charge in [-0.25, -0.2) is 4.39 Å². The second-order valence-electron chi connectivity index (χ2n) is 8.94. The fraction of sp³-hybridized carbons (Fsp3) is 0.286. The fourth-order valence-electron chi connectivity index (χ4n) is 4.42. The van der Waals surface area contributed by atoms with Crippen LogP contribution in [0.1, 0.15) is 33.6 Å². The van der Waals surface area contributed by atoms with Crippen LogP contribution in [0.4, 0.5) is 15.8 Å². The van der Waals surface area contributed by atoms with E-state index in [2.05, 4.69) is 20.5 Å². The second kappa shape index (κ2) is 12.5. The number of pyridine rings is 1. The second-order valence-corrected chi connectivity index (χ2v) is 9.34. The molecule has 0 radical (unpaired) electrons. The number of thiocarbonyl (C=S) groups is 1. The maximum atomic E-state index is 13.5. The van der Waals surface area contributed by atoms with Gasteiger partial charge < -0.3 is 20.4 Å². The molecule has 0 aliphatic carbocycles. The third-order valence-corrected chi connectivity index (χ3v) is 6.85. The van der Waals surface area contributed by atoms with E-state index in [-0.39, 0.29) is 23.4 Å². The van der Waals surface area contributed by atoms with Gasteiger partial charge in [-0.2, -0.15) is 0 Å². The van der Waals surface area contributed by atoms with E-state index in [4.69, 9.17) is 12.2 Å². The van der Waals surface area contributed by atoms with Crippen molar-refractivity contribution in [1.29, 1.82) is 0 Å². The van der Waals surface area contributed by atoms with E-state index >= 15 is 0 Å². The lowest BCUT2D eigenvalue weighted by molar-refractivity contribution is 0.0841. The van der Waals surface area contributed by atoms with Crippen LogP contribution in [0.25, 0.3) is 0 Å². The Kier molecular flexibility index (Phi) is 8.92. The van der Waals surface area contributed by atoms with Crippen molar-refractivity contribution in [2.45, 2.75) is 12.8 Å². The minimum Gasteiger partial charge on any atom is -0.366 e. The lowest BCUT2D eigenvalue weighted by atomic mass is 9.89. The van der Waals surface area contributed by atoms with Gasteiger partial charge in [-0.05, 0) is 98.8 Å². The van der Waals surface area contributed by atoms with Gasteiger partial charge in [0.1, 0.15) is 5.82 Å². The van der Waals surface area contributed by atoms with E-state index in [0.29, 0.717) is 29.3 Å². The van der Waals surface area contributed by atoms with Crippen molar-refractivity contribution in [2.24, 2.45) is 5.92 Å². The predicted molar refractivity (Wildman–Crippen MR) is 148 cm³/mol. The highest BCUT2D eigenvalue weighted by Crippen LogP contribution is 2.23. The number of hydrogen-bond acceptors (Lipinski definition) is 5. The van der Waals surface area contributed by atoms with Gasteiger partial charge in [-0.1, -0.05) is 0 Å². The molecule has 1 amide bonds. The quantitative estimate of drug-likeness (QED) is 0.338. The third kappa shape index (κ3) is 6.96. The minimum absolute atomic E-state index is 0.0688. The topological polar surface area (TPSA) is 77.6 Å². The average molecular weight is 520 g/mol. The molecule has 1 aromatic heterocycles. The fourth-order valence-corrected chi connectivity index (χ4v) is 4.53.